The molecule has 0 aromatic carbocycles. The number of aliphatic hydroxyl groups is 1. The molecule has 0 radical (unpaired) electrons. The van der Waals surface area contributed by atoms with E-state index in [1.54, 1.807) is 0 Å². The lowest BCUT2D eigenvalue weighted by Gasteiger charge is -2.35. The first-order chi connectivity index (χ1) is 9.15. The van der Waals surface area contributed by atoms with Crippen LogP contribution in [0.2, 0.25) is 0 Å². The number of aliphatic hydroxyl groups excluding tert-OH is 1. The van der Waals surface area contributed by atoms with Crippen LogP contribution in [0.4, 0.5) is 0 Å². The molecule has 106 valence electrons. The van der Waals surface area contributed by atoms with Gasteiger partial charge in [0.1, 0.15) is 11.6 Å². The Bertz CT molecular complexity index is 443. The number of piperidine rings is 1. The van der Waals surface area contributed by atoms with Crippen molar-refractivity contribution in [2.24, 2.45) is 0 Å². The number of likely N-dealkylation sites (tertiary alicyclic amines) is 1. The molecule has 0 amide bonds. The van der Waals surface area contributed by atoms with Crippen molar-refractivity contribution in [3.8, 4) is 0 Å². The van der Waals surface area contributed by atoms with Gasteiger partial charge in [0.15, 0.2) is 0 Å². The Morgan fingerprint density at radius 3 is 2.84 bits per heavy atom. The van der Waals surface area contributed by atoms with Crippen molar-refractivity contribution >= 4 is 0 Å². The molecule has 5 heteroatoms. The quantitative estimate of drug-likeness (QED) is 0.871. The standard InChI is InChI=1S/C14H24N4O/c1-10(2)17-6-3-4-11(9-17)14-16-15-13-8-12(19)5-7-18(13)14/h10-12,19H,3-9H2,1-2H3. The van der Waals surface area contributed by atoms with Gasteiger partial charge >= 0.3 is 0 Å². The molecule has 2 aliphatic rings. The van der Waals surface area contributed by atoms with Gasteiger partial charge in [-0.1, -0.05) is 0 Å². The van der Waals surface area contributed by atoms with Crippen molar-refractivity contribution in [3.63, 3.8) is 0 Å². The van der Waals surface area contributed by atoms with Gasteiger partial charge in [0.25, 0.3) is 0 Å². The highest BCUT2D eigenvalue weighted by Gasteiger charge is 2.29. The first-order valence-corrected chi connectivity index (χ1v) is 7.49. The zero-order chi connectivity index (χ0) is 13.4. The van der Waals surface area contributed by atoms with Gasteiger partial charge in [0.2, 0.25) is 0 Å². The van der Waals surface area contributed by atoms with E-state index >= 15 is 0 Å². The van der Waals surface area contributed by atoms with Gasteiger partial charge in [-0.3, -0.25) is 0 Å². The number of hydrogen-bond donors (Lipinski definition) is 1. The Labute approximate surface area is 114 Å². The van der Waals surface area contributed by atoms with Crippen molar-refractivity contribution < 1.29 is 5.11 Å². The molecule has 0 spiro atoms. The van der Waals surface area contributed by atoms with Crippen LogP contribution in [0.15, 0.2) is 0 Å². The van der Waals surface area contributed by atoms with E-state index in [9.17, 15) is 5.11 Å². The molecule has 2 aliphatic heterocycles. The Kier molecular flexibility index (Phi) is 3.58. The Morgan fingerprint density at radius 2 is 2.05 bits per heavy atom. The maximum absolute atomic E-state index is 9.70. The maximum atomic E-state index is 9.70. The minimum Gasteiger partial charge on any atom is -0.393 e. The molecule has 0 aliphatic carbocycles. The van der Waals surface area contributed by atoms with E-state index in [1.165, 1.54) is 19.4 Å². The second-order valence-corrected chi connectivity index (χ2v) is 6.20. The fraction of sp³-hybridized carbons (Fsp3) is 0.857. The zero-order valence-electron chi connectivity index (χ0n) is 11.9. The SMILES string of the molecule is CC(C)N1CCCC(c2nnc3n2CCC(O)C3)C1. The smallest absolute Gasteiger partial charge is 0.137 e. The van der Waals surface area contributed by atoms with E-state index < -0.39 is 0 Å². The molecule has 1 N–H and O–H groups in total. The molecule has 1 aromatic rings. The van der Waals surface area contributed by atoms with Crippen LogP contribution in [0.1, 0.15) is 50.7 Å². The lowest BCUT2D eigenvalue weighted by molar-refractivity contribution is 0.137. The second-order valence-electron chi connectivity index (χ2n) is 6.20. The summed E-state index contributed by atoms with van der Waals surface area (Å²) in [6.07, 6.45) is 3.71. The Balaban J connectivity index is 1.79. The molecule has 0 saturated carbocycles. The molecule has 5 nitrogen and oxygen atoms in total. The summed E-state index contributed by atoms with van der Waals surface area (Å²) in [5.74, 6) is 2.62. The number of nitrogens with zero attached hydrogens (tertiary/aromatic N) is 4. The molecule has 3 heterocycles. The van der Waals surface area contributed by atoms with Gasteiger partial charge in [-0.25, -0.2) is 0 Å². The second kappa shape index (κ2) is 5.21. The van der Waals surface area contributed by atoms with E-state index in [2.05, 4.69) is 33.5 Å². The molecule has 2 unspecified atom stereocenters. The third-order valence-corrected chi connectivity index (χ3v) is 4.51. The molecule has 1 aromatic heterocycles. The fourth-order valence-corrected chi connectivity index (χ4v) is 3.32. The Hall–Kier alpha value is -0.940. The lowest BCUT2D eigenvalue weighted by atomic mass is 9.95. The third kappa shape index (κ3) is 2.54. The van der Waals surface area contributed by atoms with Crippen LogP contribution in [0.5, 0.6) is 0 Å². The molecule has 0 bridgehead atoms. The van der Waals surface area contributed by atoms with Crippen LogP contribution in [0.3, 0.4) is 0 Å². The fourth-order valence-electron chi connectivity index (χ4n) is 3.32. The summed E-state index contributed by atoms with van der Waals surface area (Å²) in [5, 5.41) is 18.4. The highest BCUT2D eigenvalue weighted by Crippen LogP contribution is 2.28. The monoisotopic (exact) mass is 264 g/mol. The number of aromatic nitrogens is 3. The van der Waals surface area contributed by atoms with Crippen molar-refractivity contribution in [1.29, 1.82) is 0 Å². The van der Waals surface area contributed by atoms with Gasteiger partial charge in [-0.2, -0.15) is 0 Å². The molecule has 1 fully saturated rings. The summed E-state index contributed by atoms with van der Waals surface area (Å²) >= 11 is 0. The largest absolute Gasteiger partial charge is 0.393 e. The summed E-state index contributed by atoms with van der Waals surface area (Å²) in [6.45, 7) is 7.69. The molecule has 3 rings (SSSR count). The summed E-state index contributed by atoms with van der Waals surface area (Å²) in [7, 11) is 0. The van der Waals surface area contributed by atoms with E-state index in [0.717, 1.165) is 31.2 Å². The third-order valence-electron chi connectivity index (χ3n) is 4.51. The highest BCUT2D eigenvalue weighted by molar-refractivity contribution is 5.07. The summed E-state index contributed by atoms with van der Waals surface area (Å²) < 4.78 is 2.25. The molecule has 19 heavy (non-hydrogen) atoms. The highest BCUT2D eigenvalue weighted by atomic mass is 16.3. The first-order valence-electron chi connectivity index (χ1n) is 7.49. The maximum Gasteiger partial charge on any atom is 0.137 e. The molecule has 2 atom stereocenters. The van der Waals surface area contributed by atoms with E-state index in [0.29, 0.717) is 18.4 Å². The normalized spacial score (nSPS) is 28.6. The average molecular weight is 264 g/mol. The molecule has 1 saturated heterocycles. The minimum atomic E-state index is -0.233. The predicted octanol–water partition coefficient (Wildman–Crippen LogP) is 1.17. The summed E-state index contributed by atoms with van der Waals surface area (Å²) in [6, 6.07) is 0.605. The van der Waals surface area contributed by atoms with Gasteiger partial charge < -0.3 is 14.6 Å². The predicted molar refractivity (Wildman–Crippen MR) is 73.0 cm³/mol. The summed E-state index contributed by atoms with van der Waals surface area (Å²) in [4.78, 5) is 2.54. The number of hydrogen-bond acceptors (Lipinski definition) is 4. The van der Waals surface area contributed by atoms with Crippen molar-refractivity contribution in [1.82, 2.24) is 19.7 Å². The van der Waals surface area contributed by atoms with Gasteiger partial charge in [0, 0.05) is 31.5 Å². The summed E-state index contributed by atoms with van der Waals surface area (Å²) in [5.41, 5.74) is 0. The van der Waals surface area contributed by atoms with Gasteiger partial charge in [-0.15, -0.1) is 10.2 Å². The first kappa shape index (κ1) is 13.1. The van der Waals surface area contributed by atoms with Crippen LogP contribution in [0, 0.1) is 0 Å². The molecular formula is C14H24N4O. The van der Waals surface area contributed by atoms with Crippen LogP contribution < -0.4 is 0 Å². The van der Waals surface area contributed by atoms with Crippen LogP contribution in [-0.2, 0) is 13.0 Å². The number of fused-ring (bicyclic) bond motifs is 1. The van der Waals surface area contributed by atoms with E-state index in [-0.39, 0.29) is 6.10 Å². The number of rotatable bonds is 2. The minimum absolute atomic E-state index is 0.233. The van der Waals surface area contributed by atoms with Crippen LogP contribution in [-0.4, -0.2) is 50.0 Å². The molecular weight excluding hydrogens is 240 g/mol. The van der Waals surface area contributed by atoms with Crippen LogP contribution in [0.25, 0.3) is 0 Å². The van der Waals surface area contributed by atoms with Crippen LogP contribution >= 0.6 is 0 Å². The topological polar surface area (TPSA) is 54.2 Å². The van der Waals surface area contributed by atoms with E-state index in [1.807, 2.05) is 0 Å². The van der Waals surface area contributed by atoms with Gasteiger partial charge in [-0.05, 0) is 39.7 Å². The van der Waals surface area contributed by atoms with Crippen molar-refractivity contribution in [2.75, 3.05) is 13.1 Å². The Morgan fingerprint density at radius 1 is 1.21 bits per heavy atom. The van der Waals surface area contributed by atoms with Crippen molar-refractivity contribution in [2.45, 2.75) is 64.1 Å². The van der Waals surface area contributed by atoms with Gasteiger partial charge in [0.05, 0.1) is 6.10 Å². The van der Waals surface area contributed by atoms with Crippen molar-refractivity contribution in [3.05, 3.63) is 11.6 Å². The lowest BCUT2D eigenvalue weighted by Crippen LogP contribution is -2.40. The average Bonchev–Trinajstić information content (AvgIpc) is 2.81. The zero-order valence-corrected chi connectivity index (χ0v) is 11.9. The van der Waals surface area contributed by atoms with E-state index in [4.69, 9.17) is 0 Å².